The average molecular weight is 319 g/mol. The van der Waals surface area contributed by atoms with E-state index >= 15 is 0 Å². The van der Waals surface area contributed by atoms with E-state index in [4.69, 9.17) is 0 Å². The Labute approximate surface area is 141 Å². The Hall–Kier alpha value is -0.340. The quantitative estimate of drug-likeness (QED) is 0.713. The van der Waals surface area contributed by atoms with Crippen molar-refractivity contribution in [1.29, 1.82) is 0 Å². The zero-order valence-corrected chi connectivity index (χ0v) is 14.9. The van der Waals surface area contributed by atoms with E-state index < -0.39 is 12.2 Å². The molecule has 9 atom stereocenters. The molecule has 0 saturated heterocycles. The predicted octanol–water partition coefficient (Wildman–Crippen LogP) is 4.16. The molecule has 0 unspecified atom stereocenters. The third-order valence-corrected chi connectivity index (χ3v) is 9.09. The van der Waals surface area contributed by atoms with Crippen molar-refractivity contribution in [1.82, 2.24) is 0 Å². The molecule has 0 aromatic rings. The zero-order chi connectivity index (χ0) is 16.4. The van der Waals surface area contributed by atoms with Crippen LogP contribution < -0.4 is 0 Å². The zero-order valence-electron chi connectivity index (χ0n) is 14.9. The second-order valence-electron chi connectivity index (χ2n) is 9.63. The number of allylic oxidation sites excluding steroid dienone is 1. The first-order valence-electron chi connectivity index (χ1n) is 9.90. The molecule has 0 aliphatic heterocycles. The van der Waals surface area contributed by atoms with Gasteiger partial charge in [0.15, 0.2) is 0 Å². The van der Waals surface area contributed by atoms with Gasteiger partial charge >= 0.3 is 0 Å². The van der Waals surface area contributed by atoms with Crippen LogP contribution >= 0.6 is 0 Å². The summed E-state index contributed by atoms with van der Waals surface area (Å²) in [6.07, 6.45) is 10.9. The molecule has 0 spiro atoms. The highest BCUT2D eigenvalue weighted by molar-refractivity contribution is 5.12. The van der Waals surface area contributed by atoms with Gasteiger partial charge in [-0.05, 0) is 91.8 Å². The van der Waals surface area contributed by atoms with Gasteiger partial charge < -0.3 is 10.2 Å². The monoisotopic (exact) mass is 318 g/mol. The van der Waals surface area contributed by atoms with Crippen molar-refractivity contribution < 1.29 is 10.2 Å². The summed E-state index contributed by atoms with van der Waals surface area (Å²) in [4.78, 5) is 0. The van der Waals surface area contributed by atoms with Gasteiger partial charge in [0.2, 0.25) is 0 Å². The average Bonchev–Trinajstić information content (AvgIpc) is 2.88. The lowest BCUT2D eigenvalue weighted by molar-refractivity contribution is -0.172. The van der Waals surface area contributed by atoms with Crippen LogP contribution in [0.25, 0.3) is 0 Å². The summed E-state index contributed by atoms with van der Waals surface area (Å²) >= 11 is 0. The molecule has 4 aliphatic carbocycles. The van der Waals surface area contributed by atoms with Crippen molar-refractivity contribution in [2.75, 3.05) is 0 Å². The summed E-state index contributed by atoms with van der Waals surface area (Å²) in [7, 11) is 0. The highest BCUT2D eigenvalue weighted by atomic mass is 16.3. The van der Waals surface area contributed by atoms with Gasteiger partial charge in [0.1, 0.15) is 0 Å². The fourth-order valence-electron chi connectivity index (χ4n) is 7.74. The molecule has 0 aromatic carbocycles. The fraction of sp³-hybridized carbons (Fsp3) is 0.905. The lowest BCUT2D eigenvalue weighted by atomic mass is 9.44. The summed E-state index contributed by atoms with van der Waals surface area (Å²) in [5, 5.41) is 20.7. The molecule has 0 amide bonds. The summed E-state index contributed by atoms with van der Waals surface area (Å²) < 4.78 is 0. The van der Waals surface area contributed by atoms with Gasteiger partial charge in [0.05, 0.1) is 12.2 Å². The third kappa shape index (κ3) is 2.07. The molecular formula is C21H34O2. The van der Waals surface area contributed by atoms with Crippen LogP contribution in [0.4, 0.5) is 0 Å². The minimum atomic E-state index is -0.493. The Bertz CT molecular complexity index is 488. The van der Waals surface area contributed by atoms with Gasteiger partial charge in [0.25, 0.3) is 0 Å². The van der Waals surface area contributed by atoms with Crippen molar-refractivity contribution in [2.45, 2.75) is 77.4 Å². The van der Waals surface area contributed by atoms with Gasteiger partial charge in [-0.2, -0.15) is 0 Å². The van der Waals surface area contributed by atoms with Crippen LogP contribution in [0.2, 0.25) is 0 Å². The molecule has 4 rings (SSSR count). The van der Waals surface area contributed by atoms with Crippen LogP contribution in [-0.2, 0) is 0 Å². The highest BCUT2D eigenvalue weighted by Crippen LogP contribution is 2.67. The summed E-state index contributed by atoms with van der Waals surface area (Å²) in [5.41, 5.74) is 0.716. The highest BCUT2D eigenvalue weighted by Gasteiger charge is 2.61. The van der Waals surface area contributed by atoms with Gasteiger partial charge in [-0.3, -0.25) is 0 Å². The first-order valence-corrected chi connectivity index (χ1v) is 9.90. The first-order chi connectivity index (χ1) is 10.9. The van der Waals surface area contributed by atoms with E-state index in [9.17, 15) is 10.2 Å². The van der Waals surface area contributed by atoms with E-state index in [2.05, 4.69) is 26.5 Å². The predicted molar refractivity (Wildman–Crippen MR) is 92.8 cm³/mol. The van der Waals surface area contributed by atoms with Gasteiger partial charge in [-0.25, -0.2) is 0 Å². The SMILES string of the molecule is C=C[C@@H]1CC[C@@H]2[C@H]3CC[C@H]4[C@H](O)[C@@H](O)CC[C@]4(C)[C@H]3CC[C@]12C. The van der Waals surface area contributed by atoms with Crippen molar-refractivity contribution in [3.8, 4) is 0 Å². The minimum absolute atomic E-state index is 0.245. The van der Waals surface area contributed by atoms with Crippen LogP contribution in [-0.4, -0.2) is 22.4 Å². The van der Waals surface area contributed by atoms with Crippen molar-refractivity contribution in [3.63, 3.8) is 0 Å². The molecule has 2 heteroatoms. The van der Waals surface area contributed by atoms with Crippen molar-refractivity contribution >= 4 is 0 Å². The van der Waals surface area contributed by atoms with E-state index in [0.717, 1.165) is 37.0 Å². The van der Waals surface area contributed by atoms with E-state index in [0.29, 0.717) is 17.3 Å². The largest absolute Gasteiger partial charge is 0.390 e. The summed E-state index contributed by atoms with van der Waals surface area (Å²) in [6.45, 7) is 9.09. The van der Waals surface area contributed by atoms with Crippen molar-refractivity contribution in [3.05, 3.63) is 12.7 Å². The normalized spacial score (nSPS) is 58.9. The topological polar surface area (TPSA) is 40.5 Å². The second kappa shape index (κ2) is 5.33. The Morgan fingerprint density at radius 2 is 1.48 bits per heavy atom. The Balaban J connectivity index is 1.64. The van der Waals surface area contributed by atoms with Gasteiger partial charge in [0, 0.05) is 0 Å². The standard InChI is InChI=1S/C21H34O2/c1-4-13-5-7-15-14-6-8-17-19(23)18(22)10-12-21(17,3)16(14)9-11-20(13,15)2/h4,13-19,22-23H,1,5-12H2,2-3H3/t13-,14-,15-,16+,17+,18+,19+,20-,21-/m1/s1. The number of aliphatic hydroxyl groups is 2. The van der Waals surface area contributed by atoms with Crippen LogP contribution in [0, 0.1) is 40.4 Å². The molecule has 4 fully saturated rings. The molecule has 0 heterocycles. The summed E-state index contributed by atoms with van der Waals surface area (Å²) in [5.74, 6) is 3.46. The second-order valence-corrected chi connectivity index (χ2v) is 9.63. The van der Waals surface area contributed by atoms with Crippen LogP contribution in [0.3, 0.4) is 0 Å². The van der Waals surface area contributed by atoms with E-state index in [1.165, 1.54) is 32.1 Å². The molecule has 0 aromatic heterocycles. The van der Waals surface area contributed by atoms with Gasteiger partial charge in [-0.15, -0.1) is 6.58 Å². The molecular weight excluding hydrogens is 284 g/mol. The molecule has 130 valence electrons. The van der Waals surface area contributed by atoms with Gasteiger partial charge in [-0.1, -0.05) is 19.9 Å². The summed E-state index contributed by atoms with van der Waals surface area (Å²) in [6, 6.07) is 0. The Morgan fingerprint density at radius 3 is 2.22 bits per heavy atom. The maximum atomic E-state index is 10.6. The van der Waals surface area contributed by atoms with E-state index in [1.54, 1.807) is 0 Å². The molecule has 2 N–H and O–H groups in total. The Morgan fingerprint density at radius 1 is 0.826 bits per heavy atom. The molecule has 4 saturated carbocycles. The molecule has 0 bridgehead atoms. The number of hydrogen-bond donors (Lipinski definition) is 2. The lowest BCUT2D eigenvalue weighted by Gasteiger charge is -2.61. The number of rotatable bonds is 1. The third-order valence-electron chi connectivity index (χ3n) is 9.09. The number of fused-ring (bicyclic) bond motifs is 5. The van der Waals surface area contributed by atoms with Crippen LogP contribution in [0.5, 0.6) is 0 Å². The maximum absolute atomic E-state index is 10.6. The molecule has 2 nitrogen and oxygen atoms in total. The number of hydrogen-bond acceptors (Lipinski definition) is 2. The van der Waals surface area contributed by atoms with E-state index in [1.807, 2.05) is 0 Å². The fourth-order valence-corrected chi connectivity index (χ4v) is 7.74. The van der Waals surface area contributed by atoms with Crippen molar-refractivity contribution in [2.24, 2.45) is 40.4 Å². The number of aliphatic hydroxyl groups excluding tert-OH is 2. The molecule has 23 heavy (non-hydrogen) atoms. The van der Waals surface area contributed by atoms with Crippen LogP contribution in [0.15, 0.2) is 12.7 Å². The Kier molecular flexibility index (Phi) is 3.74. The minimum Gasteiger partial charge on any atom is -0.390 e. The molecule has 4 aliphatic rings. The smallest absolute Gasteiger partial charge is 0.0832 e. The first kappa shape index (κ1) is 16.1. The molecule has 0 radical (unpaired) electrons. The van der Waals surface area contributed by atoms with E-state index in [-0.39, 0.29) is 5.41 Å². The lowest BCUT2D eigenvalue weighted by Crippen LogP contribution is -2.58. The van der Waals surface area contributed by atoms with Crippen LogP contribution in [0.1, 0.15) is 65.2 Å². The maximum Gasteiger partial charge on any atom is 0.0832 e.